The van der Waals surface area contributed by atoms with Crippen molar-refractivity contribution in [3.63, 3.8) is 0 Å². The number of hydrogen-bond acceptors (Lipinski definition) is 4. The highest BCUT2D eigenvalue weighted by molar-refractivity contribution is 7.89. The van der Waals surface area contributed by atoms with Crippen LogP contribution in [0.3, 0.4) is 0 Å². The zero-order valence-electron chi connectivity index (χ0n) is 15.0. The molecule has 0 saturated carbocycles. The van der Waals surface area contributed by atoms with Crippen molar-refractivity contribution in [1.82, 2.24) is 14.2 Å². The molecule has 152 valence electrons. The molecule has 0 spiro atoms. The third-order valence-electron chi connectivity index (χ3n) is 3.83. The van der Waals surface area contributed by atoms with Gasteiger partial charge in [-0.15, -0.1) is 0 Å². The largest absolute Gasteiger partial charge is 0.417 e. The number of carbonyl (C=O) groups is 1. The number of pyridine rings is 1. The second-order valence-electron chi connectivity index (χ2n) is 6.05. The summed E-state index contributed by atoms with van der Waals surface area (Å²) in [6.07, 6.45) is -4.09. The van der Waals surface area contributed by atoms with Crippen molar-refractivity contribution in [1.29, 1.82) is 0 Å². The van der Waals surface area contributed by atoms with Gasteiger partial charge in [-0.25, -0.2) is 12.7 Å². The molecule has 1 aromatic heterocycles. The van der Waals surface area contributed by atoms with Crippen LogP contribution in [0, 0.1) is 0 Å². The average Bonchev–Trinajstić information content (AvgIpc) is 2.61. The topological polar surface area (TPSA) is 88.5 Å². The van der Waals surface area contributed by atoms with Crippen molar-refractivity contribution in [2.75, 3.05) is 14.1 Å². The summed E-state index contributed by atoms with van der Waals surface area (Å²) in [5, 5.41) is 2.42. The van der Waals surface area contributed by atoms with E-state index < -0.39 is 39.8 Å². The van der Waals surface area contributed by atoms with Crippen LogP contribution in [0.1, 0.15) is 11.1 Å². The standard InChI is InChI=1S/C17H18F3N3O4S/c1-22(2)28(26,27)14-6-4-3-5-12(14)9-21-15(24)11-23-10-13(17(18,19)20)7-8-16(23)25/h3-8,10H,9,11H2,1-2H3,(H,21,24). The maximum Gasteiger partial charge on any atom is 0.417 e. The Morgan fingerprint density at radius 3 is 2.39 bits per heavy atom. The van der Waals surface area contributed by atoms with Crippen LogP contribution in [0.4, 0.5) is 13.2 Å². The first-order chi connectivity index (χ1) is 12.9. The van der Waals surface area contributed by atoms with Crippen LogP contribution in [0.25, 0.3) is 0 Å². The lowest BCUT2D eigenvalue weighted by atomic mass is 10.2. The Morgan fingerprint density at radius 2 is 1.79 bits per heavy atom. The molecule has 0 aliphatic rings. The molecule has 2 rings (SSSR count). The lowest BCUT2D eigenvalue weighted by molar-refractivity contribution is -0.138. The van der Waals surface area contributed by atoms with Crippen molar-refractivity contribution < 1.29 is 26.4 Å². The van der Waals surface area contributed by atoms with Gasteiger partial charge in [0.2, 0.25) is 15.9 Å². The summed E-state index contributed by atoms with van der Waals surface area (Å²) in [6.45, 7) is -0.804. The van der Waals surface area contributed by atoms with Crippen molar-refractivity contribution in [3.05, 3.63) is 64.1 Å². The van der Waals surface area contributed by atoms with Crippen LogP contribution < -0.4 is 10.9 Å². The molecule has 1 aromatic carbocycles. The molecule has 0 aliphatic heterocycles. The minimum atomic E-state index is -4.65. The van der Waals surface area contributed by atoms with E-state index in [1.807, 2.05) is 0 Å². The van der Waals surface area contributed by atoms with Gasteiger partial charge >= 0.3 is 6.18 Å². The monoisotopic (exact) mass is 417 g/mol. The van der Waals surface area contributed by atoms with Gasteiger partial charge in [0.1, 0.15) is 6.54 Å². The van der Waals surface area contributed by atoms with Gasteiger partial charge < -0.3 is 9.88 Å². The van der Waals surface area contributed by atoms with E-state index in [0.717, 1.165) is 10.4 Å². The van der Waals surface area contributed by atoms with Gasteiger partial charge in [0.05, 0.1) is 10.5 Å². The summed E-state index contributed by atoms with van der Waals surface area (Å²) in [5.41, 5.74) is -1.51. The van der Waals surface area contributed by atoms with E-state index in [0.29, 0.717) is 22.4 Å². The van der Waals surface area contributed by atoms with Crippen molar-refractivity contribution in [2.24, 2.45) is 0 Å². The van der Waals surface area contributed by atoms with Crippen LogP contribution in [-0.4, -0.2) is 37.3 Å². The molecular formula is C17H18F3N3O4S. The maximum absolute atomic E-state index is 12.8. The summed E-state index contributed by atoms with van der Waals surface area (Å²) >= 11 is 0. The van der Waals surface area contributed by atoms with Gasteiger partial charge in [-0.2, -0.15) is 13.2 Å². The predicted octanol–water partition coefficient (Wildman–Crippen LogP) is 1.43. The fourth-order valence-corrected chi connectivity index (χ4v) is 3.44. The highest BCUT2D eigenvalue weighted by Crippen LogP contribution is 2.28. The first-order valence-electron chi connectivity index (χ1n) is 7.98. The second kappa shape index (κ2) is 8.15. The zero-order valence-corrected chi connectivity index (χ0v) is 15.8. The fraction of sp³-hybridized carbons (Fsp3) is 0.294. The minimum absolute atomic E-state index is 0.00321. The molecule has 7 nitrogen and oxygen atoms in total. The molecule has 1 N–H and O–H groups in total. The summed E-state index contributed by atoms with van der Waals surface area (Å²) < 4.78 is 64.6. The number of amides is 1. The minimum Gasteiger partial charge on any atom is -0.350 e. The molecule has 28 heavy (non-hydrogen) atoms. The normalized spacial score (nSPS) is 12.2. The Labute approximate surface area is 159 Å². The zero-order chi connectivity index (χ0) is 21.1. The van der Waals surface area contributed by atoms with Gasteiger partial charge in [-0.05, 0) is 17.7 Å². The molecule has 1 amide bonds. The Kier molecular flexibility index (Phi) is 6.30. The molecule has 0 atom stereocenters. The number of nitrogens with one attached hydrogen (secondary N) is 1. The summed E-state index contributed by atoms with van der Waals surface area (Å²) in [7, 11) is -1.01. The molecule has 0 radical (unpaired) electrons. The van der Waals surface area contributed by atoms with Gasteiger partial charge in [-0.1, -0.05) is 18.2 Å². The number of carbonyl (C=O) groups excluding carboxylic acids is 1. The fourth-order valence-electron chi connectivity index (χ4n) is 2.33. The van der Waals surface area contributed by atoms with E-state index in [4.69, 9.17) is 0 Å². The Morgan fingerprint density at radius 1 is 1.14 bits per heavy atom. The van der Waals surface area contributed by atoms with Crippen molar-refractivity contribution in [2.45, 2.75) is 24.2 Å². The van der Waals surface area contributed by atoms with E-state index >= 15 is 0 Å². The second-order valence-corrected chi connectivity index (χ2v) is 8.17. The van der Waals surface area contributed by atoms with Crippen LogP contribution in [0.5, 0.6) is 0 Å². The first kappa shape index (κ1) is 21.6. The van der Waals surface area contributed by atoms with Gasteiger partial charge in [0.25, 0.3) is 5.56 Å². The lowest BCUT2D eigenvalue weighted by Crippen LogP contribution is -2.33. The van der Waals surface area contributed by atoms with E-state index in [1.165, 1.54) is 32.3 Å². The van der Waals surface area contributed by atoms with Crippen LogP contribution >= 0.6 is 0 Å². The predicted molar refractivity (Wildman–Crippen MR) is 94.9 cm³/mol. The summed E-state index contributed by atoms with van der Waals surface area (Å²) in [6, 6.07) is 7.38. The Balaban J connectivity index is 2.16. The van der Waals surface area contributed by atoms with Crippen LogP contribution in [-0.2, 0) is 34.1 Å². The van der Waals surface area contributed by atoms with Crippen molar-refractivity contribution in [3.8, 4) is 0 Å². The molecular weight excluding hydrogens is 399 g/mol. The van der Waals surface area contributed by atoms with E-state index in [1.54, 1.807) is 6.07 Å². The summed E-state index contributed by atoms with van der Waals surface area (Å²) in [5.74, 6) is -0.738. The van der Waals surface area contributed by atoms with E-state index in [2.05, 4.69) is 5.32 Å². The Hall–Kier alpha value is -2.66. The van der Waals surface area contributed by atoms with Gasteiger partial charge in [0, 0.05) is 32.9 Å². The van der Waals surface area contributed by atoms with Crippen molar-refractivity contribution >= 4 is 15.9 Å². The summed E-state index contributed by atoms with van der Waals surface area (Å²) in [4.78, 5) is 23.8. The highest BCUT2D eigenvalue weighted by atomic mass is 32.2. The van der Waals surface area contributed by atoms with E-state index in [-0.39, 0.29) is 11.4 Å². The maximum atomic E-state index is 12.8. The average molecular weight is 417 g/mol. The van der Waals surface area contributed by atoms with Gasteiger partial charge in [-0.3, -0.25) is 9.59 Å². The first-order valence-corrected chi connectivity index (χ1v) is 9.42. The Bertz CT molecular complexity index is 1030. The number of rotatable bonds is 6. The molecule has 0 aliphatic carbocycles. The number of halogens is 3. The number of alkyl halides is 3. The third-order valence-corrected chi connectivity index (χ3v) is 5.75. The molecule has 11 heteroatoms. The molecule has 0 fully saturated rings. The molecule has 0 bridgehead atoms. The lowest BCUT2D eigenvalue weighted by Gasteiger charge is -2.16. The SMILES string of the molecule is CN(C)S(=O)(=O)c1ccccc1CNC(=O)Cn1cc(C(F)(F)F)ccc1=O. The number of aromatic nitrogens is 1. The quantitative estimate of drug-likeness (QED) is 0.770. The van der Waals surface area contributed by atoms with Crippen LogP contribution in [0.2, 0.25) is 0 Å². The molecule has 2 aromatic rings. The smallest absolute Gasteiger partial charge is 0.350 e. The molecule has 0 unspecified atom stereocenters. The molecule has 1 heterocycles. The number of sulfonamides is 1. The third kappa shape index (κ3) is 4.98. The van der Waals surface area contributed by atoms with Crippen LogP contribution in [0.15, 0.2) is 52.3 Å². The number of benzene rings is 1. The number of hydrogen-bond donors (Lipinski definition) is 1. The van der Waals surface area contributed by atoms with E-state index in [9.17, 15) is 31.2 Å². The highest BCUT2D eigenvalue weighted by Gasteiger charge is 2.31. The van der Waals surface area contributed by atoms with Gasteiger partial charge in [0.15, 0.2) is 0 Å². The number of nitrogens with zero attached hydrogens (tertiary/aromatic N) is 2. The molecule has 0 saturated heterocycles.